The van der Waals surface area contributed by atoms with Crippen LogP contribution in [0.3, 0.4) is 0 Å². The molecule has 24 heavy (non-hydrogen) atoms. The molecule has 2 aromatic rings. The molecule has 0 aliphatic carbocycles. The highest BCUT2D eigenvalue weighted by Gasteiger charge is 2.36. The summed E-state index contributed by atoms with van der Waals surface area (Å²) < 4.78 is 46.1. The van der Waals surface area contributed by atoms with Crippen LogP contribution in [0, 0.1) is 12.7 Å². The Labute approximate surface area is 144 Å². The van der Waals surface area contributed by atoms with Gasteiger partial charge >= 0.3 is 0 Å². The molecule has 1 aliphatic heterocycles. The molecule has 0 spiro atoms. The average Bonchev–Trinajstić information content (AvgIpc) is 2.96. The first-order chi connectivity index (χ1) is 11.4. The zero-order valence-corrected chi connectivity index (χ0v) is 14.6. The molecule has 1 fully saturated rings. The van der Waals surface area contributed by atoms with E-state index in [4.69, 9.17) is 16.1 Å². The third-order valence-electron chi connectivity index (χ3n) is 3.99. The summed E-state index contributed by atoms with van der Waals surface area (Å²) in [5, 5.41) is 3.96. The Morgan fingerprint density at radius 2 is 2.21 bits per heavy atom. The Balaban J connectivity index is 1.88. The fourth-order valence-corrected chi connectivity index (χ4v) is 4.79. The molecule has 6 nitrogen and oxygen atoms in total. The quantitative estimate of drug-likeness (QED) is 0.822. The molecule has 0 amide bonds. The number of aromatic nitrogens is 2. The van der Waals surface area contributed by atoms with Crippen molar-refractivity contribution in [2.24, 2.45) is 0 Å². The van der Waals surface area contributed by atoms with E-state index < -0.39 is 27.6 Å². The summed E-state index contributed by atoms with van der Waals surface area (Å²) in [4.78, 5) is 4.16. The Kier molecular flexibility index (Phi) is 4.89. The monoisotopic (exact) mass is 373 g/mol. The number of hydrogen-bond donors (Lipinski definition) is 0. The van der Waals surface area contributed by atoms with Crippen molar-refractivity contribution in [1.29, 1.82) is 0 Å². The van der Waals surface area contributed by atoms with E-state index in [9.17, 15) is 12.8 Å². The second-order valence-electron chi connectivity index (χ2n) is 5.79. The molecule has 3 rings (SSSR count). The topological polar surface area (TPSA) is 76.3 Å². The summed E-state index contributed by atoms with van der Waals surface area (Å²) in [6.07, 6.45) is 2.21. The van der Waals surface area contributed by atoms with Gasteiger partial charge in [-0.05, 0) is 31.9 Å². The summed E-state index contributed by atoms with van der Waals surface area (Å²) in [5.41, 5.74) is 0.0884. The number of benzene rings is 1. The first kappa shape index (κ1) is 17.3. The lowest BCUT2D eigenvalue weighted by atomic mass is 10.1. The maximum Gasteiger partial charge on any atom is 0.245 e. The van der Waals surface area contributed by atoms with E-state index in [1.807, 2.05) is 0 Å². The van der Waals surface area contributed by atoms with Crippen LogP contribution in [0.4, 0.5) is 4.39 Å². The zero-order chi connectivity index (χ0) is 17.3. The molecule has 130 valence electrons. The minimum atomic E-state index is -3.74. The van der Waals surface area contributed by atoms with Gasteiger partial charge in [-0.15, -0.1) is 0 Å². The zero-order valence-electron chi connectivity index (χ0n) is 13.1. The first-order valence-electron chi connectivity index (χ1n) is 7.60. The van der Waals surface area contributed by atoms with Crippen LogP contribution < -0.4 is 0 Å². The van der Waals surface area contributed by atoms with E-state index in [-0.39, 0.29) is 16.5 Å². The summed E-state index contributed by atoms with van der Waals surface area (Å²) in [5.74, 6) is -0.322. The van der Waals surface area contributed by atoms with E-state index in [0.29, 0.717) is 18.8 Å². The maximum absolute atomic E-state index is 14.0. The van der Waals surface area contributed by atoms with Gasteiger partial charge in [0.05, 0.1) is 5.75 Å². The lowest BCUT2D eigenvalue weighted by molar-refractivity contribution is 0.204. The van der Waals surface area contributed by atoms with Crippen molar-refractivity contribution in [3.05, 3.63) is 46.3 Å². The van der Waals surface area contributed by atoms with Gasteiger partial charge in [-0.1, -0.05) is 29.2 Å². The third kappa shape index (κ3) is 3.60. The molecule has 9 heteroatoms. The van der Waals surface area contributed by atoms with Gasteiger partial charge in [-0.25, -0.2) is 12.8 Å². The summed E-state index contributed by atoms with van der Waals surface area (Å²) >= 11 is 5.71. The van der Waals surface area contributed by atoms with Crippen molar-refractivity contribution >= 4 is 21.6 Å². The molecule has 0 saturated carbocycles. The van der Waals surface area contributed by atoms with Gasteiger partial charge in [0.2, 0.25) is 15.9 Å². The summed E-state index contributed by atoms with van der Waals surface area (Å²) in [7, 11) is -3.74. The van der Waals surface area contributed by atoms with Gasteiger partial charge < -0.3 is 4.52 Å². The average molecular weight is 374 g/mol. The second-order valence-corrected chi connectivity index (χ2v) is 8.15. The smallest absolute Gasteiger partial charge is 0.245 e. The Hall–Kier alpha value is -1.51. The predicted molar refractivity (Wildman–Crippen MR) is 86.4 cm³/mol. The molecular weight excluding hydrogens is 357 g/mol. The largest absolute Gasteiger partial charge is 0.338 e. The third-order valence-corrected chi connectivity index (χ3v) is 6.05. The summed E-state index contributed by atoms with van der Waals surface area (Å²) in [6.45, 7) is 2.03. The minimum absolute atomic E-state index is 0.0884. The molecule has 1 aliphatic rings. The van der Waals surface area contributed by atoms with E-state index in [0.717, 1.165) is 18.9 Å². The minimum Gasteiger partial charge on any atom is -0.338 e. The van der Waals surface area contributed by atoms with E-state index in [1.54, 1.807) is 6.92 Å². The molecule has 2 heterocycles. The van der Waals surface area contributed by atoms with Crippen molar-refractivity contribution in [3.8, 4) is 0 Å². The van der Waals surface area contributed by atoms with Crippen LogP contribution in [0.15, 0.2) is 22.7 Å². The second kappa shape index (κ2) is 6.78. The first-order valence-corrected chi connectivity index (χ1v) is 9.59. The highest BCUT2D eigenvalue weighted by atomic mass is 35.5. The molecule has 1 atom stereocenters. The van der Waals surface area contributed by atoms with Crippen molar-refractivity contribution < 1.29 is 17.3 Å². The van der Waals surface area contributed by atoms with Crippen molar-refractivity contribution in [2.45, 2.75) is 38.0 Å². The molecule has 1 unspecified atom stereocenters. The fourth-order valence-electron chi connectivity index (χ4n) is 2.85. The highest BCUT2D eigenvalue weighted by Crippen LogP contribution is 2.33. The lowest BCUT2D eigenvalue weighted by Gasteiger charge is -2.32. The Morgan fingerprint density at radius 1 is 1.42 bits per heavy atom. The van der Waals surface area contributed by atoms with Gasteiger partial charge in [-0.2, -0.15) is 9.29 Å². The van der Waals surface area contributed by atoms with Gasteiger partial charge in [-0.3, -0.25) is 0 Å². The number of nitrogens with zero attached hydrogens (tertiary/aromatic N) is 3. The van der Waals surface area contributed by atoms with Gasteiger partial charge in [0.25, 0.3) is 0 Å². The number of rotatable bonds is 4. The van der Waals surface area contributed by atoms with E-state index >= 15 is 0 Å². The number of aryl methyl sites for hydroxylation is 1. The van der Waals surface area contributed by atoms with Crippen LogP contribution >= 0.6 is 11.6 Å². The number of sulfonamides is 1. The summed E-state index contributed by atoms with van der Waals surface area (Å²) in [6, 6.07) is 3.48. The van der Waals surface area contributed by atoms with Crippen molar-refractivity contribution in [1.82, 2.24) is 14.4 Å². The Morgan fingerprint density at radius 3 is 2.88 bits per heavy atom. The molecule has 0 bridgehead atoms. The predicted octanol–water partition coefficient (Wildman–Crippen LogP) is 3.23. The molecule has 1 aromatic carbocycles. The molecule has 0 radical (unpaired) electrons. The van der Waals surface area contributed by atoms with Crippen molar-refractivity contribution in [3.63, 3.8) is 0 Å². The van der Waals surface area contributed by atoms with Gasteiger partial charge in [0.1, 0.15) is 11.9 Å². The number of piperidine rings is 1. The fraction of sp³-hybridized carbons (Fsp3) is 0.467. The van der Waals surface area contributed by atoms with Gasteiger partial charge in [0.15, 0.2) is 5.82 Å². The maximum atomic E-state index is 14.0. The highest BCUT2D eigenvalue weighted by molar-refractivity contribution is 7.88. The standard InChI is InChI=1S/C15H17ClFN3O3S/c1-10-18-15(23-19-10)14-4-2-3-7-20(14)24(21,22)9-11-5-6-12(16)8-13(11)17/h5-6,8,14H,2-4,7,9H2,1H3. The molecule has 0 N–H and O–H groups in total. The van der Waals surface area contributed by atoms with Crippen molar-refractivity contribution in [2.75, 3.05) is 6.54 Å². The normalized spacial score (nSPS) is 19.5. The lowest BCUT2D eigenvalue weighted by Crippen LogP contribution is -2.39. The van der Waals surface area contributed by atoms with Crippen LogP contribution in [-0.4, -0.2) is 29.4 Å². The number of hydrogen-bond acceptors (Lipinski definition) is 5. The van der Waals surface area contributed by atoms with E-state index in [2.05, 4.69) is 10.1 Å². The van der Waals surface area contributed by atoms with Gasteiger partial charge in [0, 0.05) is 17.1 Å². The van der Waals surface area contributed by atoms with Crippen LogP contribution in [0.25, 0.3) is 0 Å². The Bertz CT molecular complexity index is 840. The number of halogens is 2. The molecular formula is C15H17ClFN3O3S. The van der Waals surface area contributed by atoms with Crippen LogP contribution in [0.1, 0.15) is 42.6 Å². The molecule has 1 aromatic heterocycles. The van der Waals surface area contributed by atoms with E-state index in [1.165, 1.54) is 16.4 Å². The molecule has 1 saturated heterocycles. The SMILES string of the molecule is Cc1noc(C2CCCCN2S(=O)(=O)Cc2ccc(Cl)cc2F)n1. The van der Waals surface area contributed by atoms with Crippen LogP contribution in [0.5, 0.6) is 0 Å². The van der Waals surface area contributed by atoms with Crippen LogP contribution in [-0.2, 0) is 15.8 Å². The van der Waals surface area contributed by atoms with Crippen LogP contribution in [0.2, 0.25) is 5.02 Å².